The largest absolute Gasteiger partial charge is 0.381 e. The van der Waals surface area contributed by atoms with Crippen molar-refractivity contribution in [2.24, 2.45) is 0 Å². The summed E-state index contributed by atoms with van der Waals surface area (Å²) in [7, 11) is -4.02. The first kappa shape index (κ1) is 12.3. The highest BCUT2D eigenvalue weighted by Gasteiger charge is 2.05. The summed E-state index contributed by atoms with van der Waals surface area (Å²) in [5, 5.41) is 12.8. The van der Waals surface area contributed by atoms with Gasteiger partial charge in [0.15, 0.2) is 0 Å². The Morgan fingerprint density at radius 3 is 2.46 bits per heavy atom. The Bertz CT molecular complexity index is 250. The molecule has 0 aliphatic carbocycles. The molecule has 0 aliphatic rings. The lowest BCUT2D eigenvalue weighted by atomic mass is 10.5. The number of carbonyl (C=O) groups is 1. The monoisotopic (exact) mass is 212 g/mol. The maximum absolute atomic E-state index is 10.7. The summed E-state index contributed by atoms with van der Waals surface area (Å²) in [6.07, 6.45) is 0. The molecule has 8 heteroatoms. The van der Waals surface area contributed by atoms with Crippen LogP contribution in [0.5, 0.6) is 0 Å². The van der Waals surface area contributed by atoms with E-state index in [0.29, 0.717) is 0 Å². The van der Waals surface area contributed by atoms with Crippen LogP contribution in [0, 0.1) is 0 Å². The van der Waals surface area contributed by atoms with E-state index in [4.69, 9.17) is 9.66 Å². The fourth-order valence-electron chi connectivity index (χ4n) is 0.551. The molecule has 0 spiro atoms. The van der Waals surface area contributed by atoms with E-state index in [1.807, 2.05) is 0 Å². The van der Waals surface area contributed by atoms with Gasteiger partial charge in [-0.2, -0.15) is 8.42 Å². The Hall–Kier alpha value is -0.700. The van der Waals surface area contributed by atoms with E-state index in [9.17, 15) is 13.2 Å². The van der Waals surface area contributed by atoms with Gasteiger partial charge in [-0.1, -0.05) is 0 Å². The number of rotatable bonds is 6. The molecule has 0 saturated heterocycles. The SMILES string of the molecule is O=C(CNCO)NCCS(=O)(=O)O. The smallest absolute Gasteiger partial charge is 0.266 e. The van der Waals surface area contributed by atoms with Crippen LogP contribution in [-0.2, 0) is 14.9 Å². The Labute approximate surface area is 75.9 Å². The van der Waals surface area contributed by atoms with E-state index in [-0.39, 0.29) is 19.8 Å². The third kappa shape index (κ3) is 9.21. The Kier molecular flexibility index (Phi) is 5.55. The van der Waals surface area contributed by atoms with E-state index >= 15 is 0 Å². The van der Waals surface area contributed by atoms with Gasteiger partial charge in [-0.15, -0.1) is 0 Å². The van der Waals surface area contributed by atoms with Crippen LogP contribution in [0.25, 0.3) is 0 Å². The molecule has 4 N–H and O–H groups in total. The summed E-state index contributed by atoms with van der Waals surface area (Å²) in [5.41, 5.74) is 0. The van der Waals surface area contributed by atoms with E-state index in [1.165, 1.54) is 0 Å². The van der Waals surface area contributed by atoms with Crippen LogP contribution >= 0.6 is 0 Å². The first-order valence-corrected chi connectivity index (χ1v) is 5.10. The van der Waals surface area contributed by atoms with Crippen molar-refractivity contribution in [3.63, 3.8) is 0 Å². The molecular formula is C5H12N2O5S. The zero-order chi connectivity index (χ0) is 10.3. The Balaban J connectivity index is 3.49. The zero-order valence-electron chi connectivity index (χ0n) is 6.86. The number of hydrogen-bond acceptors (Lipinski definition) is 5. The van der Waals surface area contributed by atoms with Crippen molar-refractivity contribution in [3.8, 4) is 0 Å². The van der Waals surface area contributed by atoms with E-state index < -0.39 is 21.8 Å². The van der Waals surface area contributed by atoms with E-state index in [1.54, 1.807) is 0 Å². The van der Waals surface area contributed by atoms with Gasteiger partial charge in [-0.3, -0.25) is 14.7 Å². The van der Waals surface area contributed by atoms with Gasteiger partial charge in [0.1, 0.15) is 0 Å². The number of aliphatic hydroxyl groups excluding tert-OH is 1. The molecule has 0 aromatic heterocycles. The molecule has 0 unspecified atom stereocenters. The van der Waals surface area contributed by atoms with Crippen LogP contribution in [0.15, 0.2) is 0 Å². The van der Waals surface area contributed by atoms with E-state index in [0.717, 1.165) is 0 Å². The van der Waals surface area contributed by atoms with Gasteiger partial charge in [0, 0.05) is 6.54 Å². The van der Waals surface area contributed by atoms with Crippen molar-refractivity contribution in [3.05, 3.63) is 0 Å². The molecule has 0 bridgehead atoms. The maximum atomic E-state index is 10.7. The van der Waals surface area contributed by atoms with Crippen LogP contribution in [0.4, 0.5) is 0 Å². The minimum Gasteiger partial charge on any atom is -0.381 e. The maximum Gasteiger partial charge on any atom is 0.266 e. The molecule has 0 aromatic carbocycles. The molecule has 0 heterocycles. The number of amides is 1. The summed E-state index contributed by atoms with van der Waals surface area (Å²) in [6.45, 7) is -0.571. The zero-order valence-corrected chi connectivity index (χ0v) is 7.67. The normalized spacial score (nSPS) is 11.2. The molecule has 0 aliphatic heterocycles. The van der Waals surface area contributed by atoms with Gasteiger partial charge in [0.2, 0.25) is 5.91 Å². The summed E-state index contributed by atoms with van der Waals surface area (Å²) in [6, 6.07) is 0. The molecule has 0 aromatic rings. The van der Waals surface area contributed by atoms with Gasteiger partial charge in [0.25, 0.3) is 10.1 Å². The van der Waals surface area contributed by atoms with Crippen LogP contribution in [-0.4, -0.2) is 49.6 Å². The molecule has 1 amide bonds. The van der Waals surface area contributed by atoms with Gasteiger partial charge in [-0.05, 0) is 0 Å². The Morgan fingerprint density at radius 1 is 1.38 bits per heavy atom. The molecule has 7 nitrogen and oxygen atoms in total. The second-order valence-corrected chi connectivity index (χ2v) is 3.79. The fourth-order valence-corrected chi connectivity index (χ4v) is 0.911. The molecule has 0 atom stereocenters. The predicted molar refractivity (Wildman–Crippen MR) is 44.5 cm³/mol. The van der Waals surface area contributed by atoms with Crippen LogP contribution in [0.1, 0.15) is 0 Å². The summed E-state index contributed by atoms with van der Waals surface area (Å²) in [4.78, 5) is 10.7. The molecule has 78 valence electrons. The van der Waals surface area contributed by atoms with Crippen molar-refractivity contribution in [2.75, 3.05) is 25.6 Å². The van der Waals surface area contributed by atoms with Gasteiger partial charge in [-0.25, -0.2) is 0 Å². The number of nitrogens with one attached hydrogen (secondary N) is 2. The van der Waals surface area contributed by atoms with Crippen LogP contribution in [0.2, 0.25) is 0 Å². The molecule has 0 fully saturated rings. The third-order valence-corrected chi connectivity index (χ3v) is 1.80. The lowest BCUT2D eigenvalue weighted by Crippen LogP contribution is -2.36. The number of aliphatic hydroxyl groups is 1. The molecule has 0 saturated carbocycles. The topological polar surface area (TPSA) is 116 Å². The second-order valence-electron chi connectivity index (χ2n) is 2.22. The van der Waals surface area contributed by atoms with Crippen LogP contribution < -0.4 is 10.6 Å². The minimum absolute atomic E-state index is 0.0953. The average Bonchev–Trinajstić information content (AvgIpc) is 1.98. The Morgan fingerprint density at radius 2 is 2.00 bits per heavy atom. The molecule has 13 heavy (non-hydrogen) atoms. The van der Waals surface area contributed by atoms with Crippen molar-refractivity contribution < 1.29 is 22.9 Å². The predicted octanol–water partition coefficient (Wildman–Crippen LogP) is -2.47. The second kappa shape index (κ2) is 5.86. The average molecular weight is 212 g/mol. The van der Waals surface area contributed by atoms with Crippen molar-refractivity contribution >= 4 is 16.0 Å². The lowest BCUT2D eigenvalue weighted by Gasteiger charge is -2.03. The molecular weight excluding hydrogens is 200 g/mol. The number of hydrogen-bond donors (Lipinski definition) is 4. The highest BCUT2D eigenvalue weighted by molar-refractivity contribution is 7.85. The highest BCUT2D eigenvalue weighted by atomic mass is 32.2. The van der Waals surface area contributed by atoms with Gasteiger partial charge >= 0.3 is 0 Å². The standard InChI is InChI=1S/C5H12N2O5S/c8-4-6-3-5(9)7-1-2-13(10,11)12/h6,8H,1-4H2,(H,7,9)(H,10,11,12). The fraction of sp³-hybridized carbons (Fsp3) is 0.800. The first-order chi connectivity index (χ1) is 5.95. The summed E-state index contributed by atoms with van der Waals surface area (Å²) in [5.74, 6) is -0.963. The van der Waals surface area contributed by atoms with Gasteiger partial charge in [0.05, 0.1) is 19.0 Å². The number of carbonyl (C=O) groups excluding carboxylic acids is 1. The minimum atomic E-state index is -4.02. The van der Waals surface area contributed by atoms with Crippen molar-refractivity contribution in [1.82, 2.24) is 10.6 Å². The lowest BCUT2D eigenvalue weighted by molar-refractivity contribution is -0.120. The highest BCUT2D eigenvalue weighted by Crippen LogP contribution is 1.78. The summed E-state index contributed by atoms with van der Waals surface area (Å²) >= 11 is 0. The van der Waals surface area contributed by atoms with Crippen LogP contribution in [0.3, 0.4) is 0 Å². The summed E-state index contributed by atoms with van der Waals surface area (Å²) < 4.78 is 28.6. The third-order valence-electron chi connectivity index (χ3n) is 1.08. The van der Waals surface area contributed by atoms with E-state index in [2.05, 4.69) is 10.6 Å². The quantitative estimate of drug-likeness (QED) is 0.286. The van der Waals surface area contributed by atoms with Gasteiger partial charge < -0.3 is 10.4 Å². The molecule has 0 radical (unpaired) electrons. The van der Waals surface area contributed by atoms with Crippen molar-refractivity contribution in [1.29, 1.82) is 0 Å². The first-order valence-electron chi connectivity index (χ1n) is 3.49. The van der Waals surface area contributed by atoms with Crippen molar-refractivity contribution in [2.45, 2.75) is 0 Å². The molecule has 0 rings (SSSR count).